The van der Waals surface area contributed by atoms with Crippen molar-refractivity contribution in [3.05, 3.63) is 34.1 Å². The summed E-state index contributed by atoms with van der Waals surface area (Å²) in [7, 11) is 0. The number of nitrogens with zero attached hydrogens (tertiary/aromatic N) is 1. The van der Waals surface area contributed by atoms with Gasteiger partial charge >= 0.3 is 0 Å². The van der Waals surface area contributed by atoms with Gasteiger partial charge in [-0.05, 0) is 52.0 Å². The minimum atomic E-state index is -0.226. The molecule has 0 amide bonds. The number of hydrogen-bond donors (Lipinski definition) is 1. The van der Waals surface area contributed by atoms with Crippen LogP contribution in [-0.4, -0.2) is 44.2 Å². The second kappa shape index (κ2) is 6.32. The smallest absolute Gasteiger partial charge is 0.137 e. The second-order valence-electron chi connectivity index (χ2n) is 6.51. The zero-order valence-corrected chi connectivity index (χ0v) is 14.0. The van der Waals surface area contributed by atoms with Gasteiger partial charge in [0.2, 0.25) is 0 Å². The van der Waals surface area contributed by atoms with Gasteiger partial charge in [-0.2, -0.15) is 0 Å². The van der Waals surface area contributed by atoms with Crippen LogP contribution in [0.15, 0.2) is 22.7 Å². The third-order valence-electron chi connectivity index (χ3n) is 4.53. The molecular formula is C16H22BrFN2O. The fourth-order valence-corrected chi connectivity index (χ4v) is 3.70. The van der Waals surface area contributed by atoms with Gasteiger partial charge in [-0.25, -0.2) is 4.39 Å². The van der Waals surface area contributed by atoms with Crippen molar-refractivity contribution in [3.8, 4) is 0 Å². The number of hydrogen-bond acceptors (Lipinski definition) is 3. The fourth-order valence-electron chi connectivity index (χ4n) is 3.30. The topological polar surface area (TPSA) is 24.5 Å². The summed E-state index contributed by atoms with van der Waals surface area (Å²) < 4.78 is 19.8. The van der Waals surface area contributed by atoms with Crippen molar-refractivity contribution in [1.82, 2.24) is 10.2 Å². The van der Waals surface area contributed by atoms with Crippen molar-refractivity contribution in [3.63, 3.8) is 0 Å². The normalized spacial score (nSPS) is 30.7. The maximum atomic E-state index is 13.4. The monoisotopic (exact) mass is 356 g/mol. The van der Waals surface area contributed by atoms with Gasteiger partial charge in [0, 0.05) is 26.2 Å². The van der Waals surface area contributed by atoms with E-state index in [1.807, 2.05) is 12.1 Å². The molecular weight excluding hydrogens is 335 g/mol. The fraction of sp³-hybridized carbons (Fsp3) is 0.625. The Balaban J connectivity index is 1.66. The molecule has 1 aromatic carbocycles. The minimum absolute atomic E-state index is 0.0358. The first-order valence-corrected chi connectivity index (χ1v) is 8.35. The standard InChI is InChI=1S/C16H22BrFN2O/c1-16(4-5-19-10-16)11-20-6-7-21-15(9-20)12-2-3-14(18)13(17)8-12/h2-3,8,15,19H,4-7,9-11H2,1H3. The molecule has 2 saturated heterocycles. The molecule has 3 rings (SSSR count). The molecule has 21 heavy (non-hydrogen) atoms. The maximum absolute atomic E-state index is 13.4. The van der Waals surface area contributed by atoms with Crippen molar-refractivity contribution < 1.29 is 9.13 Å². The van der Waals surface area contributed by atoms with Crippen LogP contribution in [0.4, 0.5) is 4.39 Å². The van der Waals surface area contributed by atoms with E-state index < -0.39 is 0 Å². The lowest BCUT2D eigenvalue weighted by Gasteiger charge is -2.37. The molecule has 2 aliphatic rings. The molecule has 2 atom stereocenters. The van der Waals surface area contributed by atoms with E-state index in [1.54, 1.807) is 0 Å². The van der Waals surface area contributed by atoms with E-state index in [1.165, 1.54) is 12.5 Å². The van der Waals surface area contributed by atoms with Crippen molar-refractivity contribution >= 4 is 15.9 Å². The van der Waals surface area contributed by atoms with Crippen molar-refractivity contribution in [2.24, 2.45) is 5.41 Å². The molecule has 0 spiro atoms. The molecule has 1 N–H and O–H groups in total. The lowest BCUT2D eigenvalue weighted by molar-refractivity contribution is -0.0401. The van der Waals surface area contributed by atoms with Crippen LogP contribution in [0, 0.1) is 11.2 Å². The summed E-state index contributed by atoms with van der Waals surface area (Å²) in [5.74, 6) is -0.226. The Labute approximate surface area is 134 Å². The first-order chi connectivity index (χ1) is 10.1. The van der Waals surface area contributed by atoms with Gasteiger partial charge in [0.05, 0.1) is 17.2 Å². The van der Waals surface area contributed by atoms with E-state index in [0.29, 0.717) is 9.89 Å². The molecule has 2 aliphatic heterocycles. The van der Waals surface area contributed by atoms with Crippen LogP contribution in [0.2, 0.25) is 0 Å². The largest absolute Gasteiger partial charge is 0.371 e. The molecule has 0 saturated carbocycles. The lowest BCUT2D eigenvalue weighted by atomic mass is 9.89. The van der Waals surface area contributed by atoms with Gasteiger partial charge in [-0.3, -0.25) is 4.90 Å². The second-order valence-corrected chi connectivity index (χ2v) is 7.36. The van der Waals surface area contributed by atoms with E-state index >= 15 is 0 Å². The number of ether oxygens (including phenoxy) is 1. The van der Waals surface area contributed by atoms with E-state index in [9.17, 15) is 4.39 Å². The molecule has 0 aromatic heterocycles. The third kappa shape index (κ3) is 3.65. The van der Waals surface area contributed by atoms with Gasteiger partial charge in [-0.1, -0.05) is 13.0 Å². The number of rotatable bonds is 3. The Morgan fingerprint density at radius 2 is 2.38 bits per heavy atom. The van der Waals surface area contributed by atoms with Crippen LogP contribution in [0.5, 0.6) is 0 Å². The maximum Gasteiger partial charge on any atom is 0.137 e. The van der Waals surface area contributed by atoms with Crippen molar-refractivity contribution in [1.29, 1.82) is 0 Å². The van der Waals surface area contributed by atoms with E-state index in [-0.39, 0.29) is 11.9 Å². The van der Waals surface area contributed by atoms with Crippen LogP contribution in [0.1, 0.15) is 25.0 Å². The summed E-state index contributed by atoms with van der Waals surface area (Å²) in [6.07, 6.45) is 1.27. The summed E-state index contributed by atoms with van der Waals surface area (Å²) in [5.41, 5.74) is 1.41. The molecule has 2 fully saturated rings. The van der Waals surface area contributed by atoms with Crippen LogP contribution in [0.3, 0.4) is 0 Å². The lowest BCUT2D eigenvalue weighted by Crippen LogP contribution is -2.44. The third-order valence-corrected chi connectivity index (χ3v) is 5.14. The average molecular weight is 357 g/mol. The Hall–Kier alpha value is -0.490. The number of halogens is 2. The zero-order chi connectivity index (χ0) is 14.9. The Bertz CT molecular complexity index is 505. The molecule has 2 heterocycles. The molecule has 1 aromatic rings. The summed E-state index contributed by atoms with van der Waals surface area (Å²) in [4.78, 5) is 2.48. The highest BCUT2D eigenvalue weighted by Gasteiger charge is 2.33. The average Bonchev–Trinajstić information content (AvgIpc) is 2.88. The van der Waals surface area contributed by atoms with Crippen LogP contribution in [-0.2, 0) is 4.74 Å². The van der Waals surface area contributed by atoms with Crippen LogP contribution in [0.25, 0.3) is 0 Å². The summed E-state index contributed by atoms with van der Waals surface area (Å²) >= 11 is 3.25. The molecule has 0 radical (unpaired) electrons. The SMILES string of the molecule is CC1(CN2CCOC(c3ccc(F)c(Br)c3)C2)CCNC1. The molecule has 5 heteroatoms. The van der Waals surface area contributed by atoms with Crippen molar-refractivity contribution in [2.75, 3.05) is 39.3 Å². The van der Waals surface area contributed by atoms with Gasteiger partial charge in [0.15, 0.2) is 0 Å². The molecule has 0 aliphatic carbocycles. The van der Waals surface area contributed by atoms with Crippen molar-refractivity contribution in [2.45, 2.75) is 19.4 Å². The van der Waals surface area contributed by atoms with Gasteiger partial charge < -0.3 is 10.1 Å². The van der Waals surface area contributed by atoms with E-state index in [4.69, 9.17) is 4.74 Å². The highest BCUT2D eigenvalue weighted by atomic mass is 79.9. The summed E-state index contributed by atoms with van der Waals surface area (Å²) in [5, 5.41) is 3.45. The quantitative estimate of drug-likeness (QED) is 0.900. The number of benzene rings is 1. The molecule has 116 valence electrons. The Morgan fingerprint density at radius 1 is 1.52 bits per heavy atom. The Morgan fingerprint density at radius 3 is 3.10 bits per heavy atom. The predicted octanol–water partition coefficient (Wildman–Crippen LogP) is 2.96. The number of morpholine rings is 1. The highest BCUT2D eigenvalue weighted by molar-refractivity contribution is 9.10. The van der Waals surface area contributed by atoms with Gasteiger partial charge in [0.25, 0.3) is 0 Å². The summed E-state index contributed by atoms with van der Waals surface area (Å²) in [6.45, 7) is 8.27. The van der Waals surface area contributed by atoms with Gasteiger partial charge in [-0.15, -0.1) is 0 Å². The molecule has 3 nitrogen and oxygen atoms in total. The van der Waals surface area contributed by atoms with Gasteiger partial charge in [0.1, 0.15) is 5.82 Å². The first kappa shape index (κ1) is 15.4. The number of nitrogens with one attached hydrogen (secondary N) is 1. The van der Waals surface area contributed by atoms with Crippen LogP contribution >= 0.6 is 15.9 Å². The first-order valence-electron chi connectivity index (χ1n) is 7.55. The minimum Gasteiger partial charge on any atom is -0.371 e. The zero-order valence-electron chi connectivity index (χ0n) is 12.4. The van der Waals surface area contributed by atoms with E-state index in [2.05, 4.69) is 33.1 Å². The highest BCUT2D eigenvalue weighted by Crippen LogP contribution is 2.30. The summed E-state index contributed by atoms with van der Waals surface area (Å²) in [6, 6.07) is 5.17. The van der Waals surface area contributed by atoms with E-state index in [0.717, 1.165) is 44.9 Å². The van der Waals surface area contributed by atoms with Crippen LogP contribution < -0.4 is 5.32 Å². The molecule has 2 unspecified atom stereocenters. The molecule has 0 bridgehead atoms. The Kier molecular flexibility index (Phi) is 4.64. The predicted molar refractivity (Wildman–Crippen MR) is 84.8 cm³/mol.